The first-order valence-corrected chi connectivity index (χ1v) is 10.1. The zero-order valence-electron chi connectivity index (χ0n) is 16.9. The molecule has 0 aliphatic carbocycles. The number of esters is 2. The van der Waals surface area contributed by atoms with Crippen LogP contribution in [0.4, 0.5) is 0 Å². The molecule has 156 valence electrons. The number of rotatable bonds is 11. The number of ether oxygens (including phenoxy) is 2. The summed E-state index contributed by atoms with van der Waals surface area (Å²) < 4.78 is 10.6. The zero-order chi connectivity index (χ0) is 21.4. The molecule has 0 saturated carbocycles. The van der Waals surface area contributed by atoms with Crippen molar-refractivity contribution >= 4 is 33.7 Å². The number of carbonyl (C=O) groups is 3. The van der Waals surface area contributed by atoms with Gasteiger partial charge < -0.3 is 14.6 Å². The Morgan fingerprint density at radius 1 is 1.07 bits per heavy atom. The number of hydrogen-bond donors (Lipinski definition) is 1. The molecule has 0 radical (unpaired) electrons. The van der Waals surface area contributed by atoms with Gasteiger partial charge in [-0.25, -0.2) is 0 Å². The number of benzene rings is 1. The molecule has 0 aliphatic rings. The second-order valence-electron chi connectivity index (χ2n) is 7.82. The van der Waals surface area contributed by atoms with Gasteiger partial charge in [0.25, 0.3) is 0 Å². The van der Waals surface area contributed by atoms with Crippen LogP contribution in [0.25, 0.3) is 0 Å². The molecule has 1 rings (SSSR count). The van der Waals surface area contributed by atoms with Crippen molar-refractivity contribution in [3.63, 3.8) is 0 Å². The van der Waals surface area contributed by atoms with Crippen molar-refractivity contribution in [2.75, 3.05) is 13.2 Å². The number of ketones is 1. The van der Waals surface area contributed by atoms with E-state index in [0.29, 0.717) is 0 Å². The Bertz CT molecular complexity index is 673. The molecule has 1 aromatic rings. The van der Waals surface area contributed by atoms with Gasteiger partial charge in [0.15, 0.2) is 0 Å². The van der Waals surface area contributed by atoms with Gasteiger partial charge in [0, 0.05) is 0 Å². The van der Waals surface area contributed by atoms with Gasteiger partial charge in [0.1, 0.15) is 19.0 Å². The number of alkyl halides is 1. The maximum atomic E-state index is 12.7. The summed E-state index contributed by atoms with van der Waals surface area (Å²) in [6.45, 7) is 6.20. The maximum absolute atomic E-state index is 12.7. The Kier molecular flexibility index (Phi) is 9.30. The van der Waals surface area contributed by atoms with Gasteiger partial charge in [0.2, 0.25) is 0 Å². The second-order valence-corrected chi connectivity index (χ2v) is 8.93. The normalized spacial score (nSPS) is 14.6. The van der Waals surface area contributed by atoms with E-state index >= 15 is 0 Å². The fourth-order valence-corrected chi connectivity index (χ4v) is 3.76. The van der Waals surface area contributed by atoms with Crippen LogP contribution in [0.15, 0.2) is 30.3 Å². The lowest BCUT2D eigenvalue weighted by molar-refractivity contribution is -0.164. The fraction of sp³-hybridized carbons (Fsp3) is 0.571. The van der Waals surface area contributed by atoms with Crippen molar-refractivity contribution in [3.05, 3.63) is 35.9 Å². The average Bonchev–Trinajstić information content (AvgIpc) is 2.64. The topological polar surface area (TPSA) is 89.9 Å². The van der Waals surface area contributed by atoms with Crippen molar-refractivity contribution < 1.29 is 29.0 Å². The molecule has 2 atom stereocenters. The maximum Gasteiger partial charge on any atom is 0.311 e. The van der Waals surface area contributed by atoms with Crippen LogP contribution in [0.5, 0.6) is 0 Å². The van der Waals surface area contributed by atoms with Crippen molar-refractivity contribution in [2.24, 2.45) is 10.8 Å². The van der Waals surface area contributed by atoms with E-state index < -0.39 is 27.6 Å². The average molecular weight is 457 g/mol. The monoisotopic (exact) mass is 456 g/mol. The molecule has 0 amide bonds. The molecule has 2 unspecified atom stereocenters. The number of Topliss-reactive ketones (excluding diaryl/α,β-unsaturated/α-hetero) is 1. The lowest BCUT2D eigenvalue weighted by atomic mass is 9.71. The van der Waals surface area contributed by atoms with E-state index in [4.69, 9.17) is 14.6 Å². The van der Waals surface area contributed by atoms with E-state index in [-0.39, 0.29) is 38.4 Å². The number of hydrogen-bond acceptors (Lipinski definition) is 6. The number of aliphatic hydroxyl groups excluding tert-OH is 1. The highest BCUT2D eigenvalue weighted by Crippen LogP contribution is 2.41. The minimum Gasteiger partial charge on any atom is -0.463 e. The van der Waals surface area contributed by atoms with Crippen LogP contribution in [0.3, 0.4) is 0 Å². The quantitative estimate of drug-likeness (QED) is 0.405. The zero-order valence-corrected chi connectivity index (χ0v) is 18.5. The predicted molar refractivity (Wildman–Crippen MR) is 109 cm³/mol. The van der Waals surface area contributed by atoms with E-state index in [9.17, 15) is 14.4 Å². The first-order valence-electron chi connectivity index (χ1n) is 9.15. The van der Waals surface area contributed by atoms with E-state index in [0.717, 1.165) is 5.56 Å². The van der Waals surface area contributed by atoms with E-state index in [1.807, 2.05) is 30.3 Å². The smallest absolute Gasteiger partial charge is 0.311 e. The molecule has 0 bridgehead atoms. The molecule has 28 heavy (non-hydrogen) atoms. The molecular weight excluding hydrogens is 428 g/mol. The van der Waals surface area contributed by atoms with Crippen molar-refractivity contribution in [3.8, 4) is 0 Å². The highest BCUT2D eigenvalue weighted by atomic mass is 79.9. The summed E-state index contributed by atoms with van der Waals surface area (Å²) in [5.74, 6) is -1.12. The highest BCUT2D eigenvalue weighted by molar-refractivity contribution is 9.10. The van der Waals surface area contributed by atoms with Gasteiger partial charge >= 0.3 is 11.9 Å². The van der Waals surface area contributed by atoms with Crippen molar-refractivity contribution in [1.29, 1.82) is 0 Å². The molecule has 6 nitrogen and oxygen atoms in total. The largest absolute Gasteiger partial charge is 0.463 e. The van der Waals surface area contributed by atoms with E-state index in [2.05, 4.69) is 15.9 Å². The standard InChI is InChI=1S/C21H29BrO6/c1-15(24)17(22)12-21(4,19(26)27-11-10-23)14-20(2,3)18(25)28-13-16-8-6-5-7-9-16/h5-9,17,23H,10-14H2,1-4H3. The van der Waals surface area contributed by atoms with Gasteiger partial charge in [-0.2, -0.15) is 0 Å². The van der Waals surface area contributed by atoms with Crippen LogP contribution in [-0.4, -0.2) is 40.9 Å². The third-order valence-corrected chi connectivity index (χ3v) is 5.45. The Balaban J connectivity index is 2.91. The third-order valence-electron chi connectivity index (χ3n) is 4.49. The van der Waals surface area contributed by atoms with Crippen molar-refractivity contribution in [1.82, 2.24) is 0 Å². The summed E-state index contributed by atoms with van der Waals surface area (Å²) >= 11 is 3.30. The summed E-state index contributed by atoms with van der Waals surface area (Å²) in [5, 5.41) is 8.94. The third kappa shape index (κ3) is 7.36. The highest BCUT2D eigenvalue weighted by Gasteiger charge is 2.45. The van der Waals surface area contributed by atoms with Crippen LogP contribution in [0.1, 0.15) is 46.1 Å². The summed E-state index contributed by atoms with van der Waals surface area (Å²) in [6.07, 6.45) is 0.301. The number of carbonyl (C=O) groups excluding carboxylic acids is 3. The van der Waals surface area contributed by atoms with Crippen LogP contribution in [0.2, 0.25) is 0 Å². The first kappa shape index (κ1) is 24.3. The minimum absolute atomic E-state index is 0.120. The molecular formula is C21H29BrO6. The SMILES string of the molecule is CC(=O)C(Br)CC(C)(CC(C)(C)C(=O)OCc1ccccc1)C(=O)OCCO. The van der Waals surface area contributed by atoms with Crippen LogP contribution in [-0.2, 0) is 30.5 Å². The van der Waals surface area contributed by atoms with Crippen molar-refractivity contribution in [2.45, 2.75) is 52.0 Å². The fourth-order valence-electron chi connectivity index (χ4n) is 3.05. The molecule has 0 heterocycles. The molecule has 0 aliphatic heterocycles. The lowest BCUT2D eigenvalue weighted by Gasteiger charge is -2.35. The van der Waals surface area contributed by atoms with Crippen LogP contribution >= 0.6 is 15.9 Å². The van der Waals surface area contributed by atoms with Gasteiger partial charge in [-0.15, -0.1) is 0 Å². The van der Waals surface area contributed by atoms with Gasteiger partial charge in [-0.3, -0.25) is 14.4 Å². The minimum atomic E-state index is -1.11. The second kappa shape index (κ2) is 10.7. The van der Waals surface area contributed by atoms with Gasteiger partial charge in [-0.05, 0) is 46.1 Å². The Labute approximate surface area is 174 Å². The molecule has 0 fully saturated rings. The number of halogens is 1. The van der Waals surface area contributed by atoms with Crippen LogP contribution in [0, 0.1) is 10.8 Å². The summed E-state index contributed by atoms with van der Waals surface area (Å²) in [5.41, 5.74) is -1.22. The van der Waals surface area contributed by atoms with E-state index in [1.54, 1.807) is 20.8 Å². The lowest BCUT2D eigenvalue weighted by Crippen LogP contribution is -2.41. The molecule has 0 aromatic heterocycles. The van der Waals surface area contributed by atoms with E-state index in [1.165, 1.54) is 6.92 Å². The Morgan fingerprint density at radius 2 is 1.68 bits per heavy atom. The Hall–Kier alpha value is -1.73. The molecule has 1 aromatic carbocycles. The predicted octanol–water partition coefficient (Wildman–Crippen LogP) is 3.43. The van der Waals surface area contributed by atoms with Gasteiger partial charge in [-0.1, -0.05) is 46.3 Å². The summed E-state index contributed by atoms with van der Waals surface area (Å²) in [6, 6.07) is 9.32. The molecule has 7 heteroatoms. The van der Waals surface area contributed by atoms with Crippen LogP contribution < -0.4 is 0 Å². The first-order chi connectivity index (χ1) is 13.0. The molecule has 1 N–H and O–H groups in total. The molecule has 0 saturated heterocycles. The summed E-state index contributed by atoms with van der Waals surface area (Å²) in [4.78, 5) is 36.5. The Morgan fingerprint density at radius 3 is 2.21 bits per heavy atom. The summed E-state index contributed by atoms with van der Waals surface area (Å²) in [7, 11) is 0. The number of aliphatic hydroxyl groups is 1. The van der Waals surface area contributed by atoms with Gasteiger partial charge in [0.05, 0.1) is 22.3 Å². The molecule has 0 spiro atoms.